The van der Waals surface area contributed by atoms with E-state index in [2.05, 4.69) is 17.5 Å². The average Bonchev–Trinajstić information content (AvgIpc) is 2.91. The molecular weight excluding hydrogens is 294 g/mol. The van der Waals surface area contributed by atoms with Crippen LogP contribution in [0.5, 0.6) is 0 Å². The first-order valence-electron chi connectivity index (χ1n) is 8.51. The van der Waals surface area contributed by atoms with Crippen LogP contribution in [-0.2, 0) is 19.1 Å². The van der Waals surface area contributed by atoms with Gasteiger partial charge in [0.05, 0.1) is 13.2 Å². The van der Waals surface area contributed by atoms with E-state index in [1.54, 1.807) is 6.08 Å². The van der Waals surface area contributed by atoms with E-state index in [0.717, 1.165) is 25.7 Å². The molecule has 0 aromatic heterocycles. The third kappa shape index (κ3) is 2.06. The van der Waals surface area contributed by atoms with E-state index in [9.17, 15) is 9.59 Å². The van der Waals surface area contributed by atoms with Crippen molar-refractivity contribution in [1.82, 2.24) is 5.32 Å². The fourth-order valence-corrected chi connectivity index (χ4v) is 4.97. The Morgan fingerprint density at radius 3 is 3.09 bits per heavy atom. The summed E-state index contributed by atoms with van der Waals surface area (Å²) in [5, 5.41) is 3.22. The quantitative estimate of drug-likeness (QED) is 0.589. The van der Waals surface area contributed by atoms with Crippen LogP contribution in [0.15, 0.2) is 23.8 Å². The van der Waals surface area contributed by atoms with Crippen molar-refractivity contribution in [2.24, 2.45) is 17.8 Å². The van der Waals surface area contributed by atoms with Crippen molar-refractivity contribution in [1.29, 1.82) is 0 Å². The van der Waals surface area contributed by atoms with E-state index < -0.39 is 11.8 Å². The third-order valence-electron chi connectivity index (χ3n) is 5.97. The minimum atomic E-state index is -1.08. The van der Waals surface area contributed by atoms with Gasteiger partial charge in [-0.15, -0.1) is 0 Å². The number of carbonyl (C=O) groups excluding carboxylic acids is 2. The second kappa shape index (κ2) is 5.28. The largest absolute Gasteiger partial charge is 0.468 e. The van der Waals surface area contributed by atoms with Crippen molar-refractivity contribution in [3.8, 4) is 0 Å². The fraction of sp³-hybridized carbons (Fsp3) is 0.667. The number of carbonyl (C=O) groups is 2. The number of hydrogen-bond donors (Lipinski definition) is 1. The van der Waals surface area contributed by atoms with Crippen molar-refractivity contribution in [3.63, 3.8) is 0 Å². The maximum atomic E-state index is 12.9. The van der Waals surface area contributed by atoms with Crippen LogP contribution in [-0.4, -0.2) is 36.7 Å². The lowest BCUT2D eigenvalue weighted by atomic mass is 9.59. The highest BCUT2D eigenvalue weighted by atomic mass is 16.6. The first kappa shape index (κ1) is 15.1. The van der Waals surface area contributed by atoms with Gasteiger partial charge in [0.1, 0.15) is 6.04 Å². The number of ether oxygens (including phenoxy) is 2. The zero-order chi connectivity index (χ0) is 16.2. The van der Waals surface area contributed by atoms with Crippen molar-refractivity contribution < 1.29 is 19.1 Å². The monoisotopic (exact) mass is 317 g/mol. The smallest absolute Gasteiger partial charge is 0.325 e. The molecule has 2 fully saturated rings. The molecule has 0 radical (unpaired) electrons. The van der Waals surface area contributed by atoms with Gasteiger partial charge in [-0.2, -0.15) is 0 Å². The van der Waals surface area contributed by atoms with E-state index in [1.165, 1.54) is 12.7 Å². The van der Waals surface area contributed by atoms with Crippen LogP contribution in [0, 0.1) is 17.8 Å². The van der Waals surface area contributed by atoms with E-state index in [-0.39, 0.29) is 23.8 Å². The van der Waals surface area contributed by atoms with Crippen molar-refractivity contribution in [3.05, 3.63) is 23.8 Å². The molecular formula is C18H23NO4. The predicted octanol–water partition coefficient (Wildman–Crippen LogP) is 1.73. The number of allylic oxidation sites excluding steroid dienone is 3. The lowest BCUT2D eigenvalue weighted by Crippen LogP contribution is -2.62. The molecule has 1 saturated carbocycles. The number of esters is 1. The summed E-state index contributed by atoms with van der Waals surface area (Å²) in [4.78, 5) is 24.9. The highest BCUT2D eigenvalue weighted by Crippen LogP contribution is 2.52. The van der Waals surface area contributed by atoms with Gasteiger partial charge in [0.2, 0.25) is 5.78 Å². The van der Waals surface area contributed by atoms with Gasteiger partial charge in [-0.1, -0.05) is 17.7 Å². The highest BCUT2D eigenvalue weighted by Gasteiger charge is 2.61. The Morgan fingerprint density at radius 1 is 1.48 bits per heavy atom. The molecule has 1 N–H and O–H groups in total. The molecule has 0 aromatic rings. The van der Waals surface area contributed by atoms with Gasteiger partial charge in [0.15, 0.2) is 5.72 Å². The molecule has 23 heavy (non-hydrogen) atoms. The van der Waals surface area contributed by atoms with E-state index >= 15 is 0 Å². The molecule has 0 amide bonds. The summed E-state index contributed by atoms with van der Waals surface area (Å²) in [7, 11) is 1.36. The summed E-state index contributed by atoms with van der Waals surface area (Å²) >= 11 is 0. The van der Waals surface area contributed by atoms with E-state index in [4.69, 9.17) is 9.47 Å². The SMILES string of the molecule is COC(=O)[C@@H]1N[C@@]2(O[C@@H]1C)C(=O)C=C1CCC[C@@H]3C=CC[C@H]2[C@H]13. The second-order valence-corrected chi connectivity index (χ2v) is 7.14. The molecule has 5 nitrogen and oxygen atoms in total. The minimum absolute atomic E-state index is 0.0389. The van der Waals surface area contributed by atoms with Crippen LogP contribution in [0.2, 0.25) is 0 Å². The molecule has 124 valence electrons. The van der Waals surface area contributed by atoms with E-state index in [1.807, 2.05) is 6.92 Å². The van der Waals surface area contributed by atoms with Gasteiger partial charge < -0.3 is 9.47 Å². The number of fused-ring (bicyclic) bond motifs is 1. The Bertz CT molecular complexity index is 610. The minimum Gasteiger partial charge on any atom is -0.468 e. The molecule has 4 aliphatic rings. The van der Waals surface area contributed by atoms with E-state index in [0.29, 0.717) is 11.8 Å². The summed E-state index contributed by atoms with van der Waals surface area (Å²) in [5.41, 5.74) is 0.193. The van der Waals surface area contributed by atoms with Gasteiger partial charge in [0.25, 0.3) is 0 Å². The Kier molecular flexibility index (Phi) is 3.46. The van der Waals surface area contributed by atoms with Gasteiger partial charge in [-0.3, -0.25) is 14.9 Å². The summed E-state index contributed by atoms with van der Waals surface area (Å²) < 4.78 is 11.0. The molecule has 3 aliphatic carbocycles. The summed E-state index contributed by atoms with van der Waals surface area (Å²) in [6.07, 6.45) is 9.99. The second-order valence-electron chi connectivity index (χ2n) is 7.14. The van der Waals surface area contributed by atoms with Crippen LogP contribution < -0.4 is 5.32 Å². The van der Waals surface area contributed by atoms with Gasteiger partial charge in [0, 0.05) is 5.92 Å². The normalized spacial score (nSPS) is 44.9. The zero-order valence-electron chi connectivity index (χ0n) is 13.6. The lowest BCUT2D eigenvalue weighted by Gasteiger charge is -2.49. The molecule has 0 aromatic carbocycles. The van der Waals surface area contributed by atoms with Crippen molar-refractivity contribution in [2.45, 2.75) is 50.5 Å². The first-order valence-corrected chi connectivity index (χ1v) is 8.51. The number of methoxy groups -OCH3 is 1. The number of rotatable bonds is 1. The summed E-state index contributed by atoms with van der Waals surface area (Å²) in [6, 6.07) is -0.591. The van der Waals surface area contributed by atoms with Gasteiger partial charge in [-0.05, 0) is 50.5 Å². The number of nitrogens with one attached hydrogen (secondary N) is 1. The standard InChI is InChI=1S/C18H23NO4/c1-10-16(17(21)22-2)19-18(23-10)13-8-4-6-11-5-3-7-12(15(11)13)9-14(18)20/h4,6,9-11,13,15-16,19H,3,5,7-8H2,1-2H3/t10-,11-,13+,15+,16-,18+/m1/s1. The van der Waals surface area contributed by atoms with Crippen LogP contribution in [0.4, 0.5) is 0 Å². The zero-order valence-corrected chi connectivity index (χ0v) is 13.6. The van der Waals surface area contributed by atoms with Crippen LogP contribution in [0.3, 0.4) is 0 Å². The lowest BCUT2D eigenvalue weighted by molar-refractivity contribution is -0.156. The maximum absolute atomic E-state index is 12.9. The fourth-order valence-electron chi connectivity index (χ4n) is 4.97. The topological polar surface area (TPSA) is 64.6 Å². The maximum Gasteiger partial charge on any atom is 0.325 e. The van der Waals surface area contributed by atoms with Crippen LogP contribution >= 0.6 is 0 Å². The van der Waals surface area contributed by atoms with Crippen LogP contribution in [0.1, 0.15) is 32.6 Å². The molecule has 1 saturated heterocycles. The Hall–Kier alpha value is -1.46. The van der Waals surface area contributed by atoms with Crippen molar-refractivity contribution >= 4 is 11.8 Å². The third-order valence-corrected chi connectivity index (χ3v) is 5.97. The highest BCUT2D eigenvalue weighted by molar-refractivity contribution is 6.00. The average molecular weight is 317 g/mol. The van der Waals surface area contributed by atoms with Gasteiger partial charge >= 0.3 is 5.97 Å². The molecule has 1 spiro atoms. The molecule has 0 unspecified atom stereocenters. The molecule has 5 heteroatoms. The Balaban J connectivity index is 1.74. The number of hydrogen-bond acceptors (Lipinski definition) is 5. The molecule has 1 heterocycles. The molecule has 4 rings (SSSR count). The summed E-state index contributed by atoms with van der Waals surface area (Å²) in [5.74, 6) is 0.480. The predicted molar refractivity (Wildman–Crippen MR) is 83.4 cm³/mol. The Labute approximate surface area is 136 Å². The number of ketones is 1. The Morgan fingerprint density at radius 2 is 2.30 bits per heavy atom. The van der Waals surface area contributed by atoms with Crippen LogP contribution in [0.25, 0.3) is 0 Å². The molecule has 6 atom stereocenters. The first-order chi connectivity index (χ1) is 11.1. The molecule has 0 bridgehead atoms. The summed E-state index contributed by atoms with van der Waals surface area (Å²) in [6.45, 7) is 1.83. The molecule has 1 aliphatic heterocycles. The van der Waals surface area contributed by atoms with Crippen molar-refractivity contribution in [2.75, 3.05) is 7.11 Å². The van der Waals surface area contributed by atoms with Gasteiger partial charge in [-0.25, -0.2) is 0 Å².